The second-order valence-electron chi connectivity index (χ2n) is 7.11. The second kappa shape index (κ2) is 7.87. The van der Waals surface area contributed by atoms with Crippen molar-refractivity contribution in [2.24, 2.45) is 0 Å². The van der Waals surface area contributed by atoms with Crippen LogP contribution in [0.2, 0.25) is 0 Å². The molecule has 1 aromatic carbocycles. The summed E-state index contributed by atoms with van der Waals surface area (Å²) in [5.74, 6) is -0.934. The molecule has 1 aliphatic rings. The predicted molar refractivity (Wildman–Crippen MR) is 104 cm³/mol. The molecule has 0 saturated carbocycles. The number of carbonyl (C=O) groups excluding carboxylic acids is 2. The molecule has 2 aromatic rings. The first kappa shape index (κ1) is 21.4. The Kier molecular flexibility index (Phi) is 5.63. The van der Waals surface area contributed by atoms with Crippen molar-refractivity contribution >= 4 is 17.3 Å². The van der Waals surface area contributed by atoms with Crippen LogP contribution < -0.4 is 5.32 Å². The Labute approximate surface area is 171 Å². The van der Waals surface area contributed by atoms with Crippen LogP contribution in [0.5, 0.6) is 0 Å². The highest BCUT2D eigenvalue weighted by molar-refractivity contribution is 5.95. The van der Waals surface area contributed by atoms with Gasteiger partial charge in [0.15, 0.2) is 11.5 Å². The highest BCUT2D eigenvalue weighted by atomic mass is 19.4. The van der Waals surface area contributed by atoms with Crippen molar-refractivity contribution in [2.75, 3.05) is 0 Å². The van der Waals surface area contributed by atoms with Crippen molar-refractivity contribution in [1.29, 1.82) is 0 Å². The van der Waals surface area contributed by atoms with E-state index in [1.807, 2.05) is 6.92 Å². The van der Waals surface area contributed by atoms with Crippen LogP contribution in [-0.4, -0.2) is 27.5 Å². The van der Waals surface area contributed by atoms with E-state index >= 15 is 0 Å². The first-order chi connectivity index (χ1) is 14.0. The minimum Gasteiger partial charge on any atom is -0.367 e. The molecule has 0 spiro atoms. The third-order valence-electron chi connectivity index (χ3n) is 4.81. The molecule has 0 fully saturated rings. The van der Waals surface area contributed by atoms with E-state index in [4.69, 9.17) is 0 Å². The quantitative estimate of drug-likeness (QED) is 0.580. The minimum atomic E-state index is -4.68. The third kappa shape index (κ3) is 4.65. The standard InChI is InChI=1S/C22H19F3N2O3/c1-13-7-9-21(30,12-18(13)16-5-3-15(4-6-16)14(2)28)27-20(29)17-8-10-26-19(11-17)22(23,24)25/h3-11,30H,12H2,1-2H3,(H,27,29). The largest absolute Gasteiger partial charge is 0.433 e. The number of hydrogen-bond acceptors (Lipinski definition) is 4. The van der Waals surface area contributed by atoms with Gasteiger partial charge in [0.05, 0.1) is 0 Å². The normalized spacial score (nSPS) is 19.0. The number of allylic oxidation sites excluding steroid dienone is 2. The first-order valence-corrected chi connectivity index (χ1v) is 9.07. The van der Waals surface area contributed by atoms with Gasteiger partial charge < -0.3 is 10.4 Å². The fraction of sp³-hybridized carbons (Fsp3) is 0.227. The van der Waals surface area contributed by atoms with Gasteiger partial charge in [-0.3, -0.25) is 14.6 Å². The molecule has 8 heteroatoms. The molecule has 30 heavy (non-hydrogen) atoms. The van der Waals surface area contributed by atoms with Gasteiger partial charge in [-0.25, -0.2) is 0 Å². The summed E-state index contributed by atoms with van der Waals surface area (Å²) in [6, 6.07) is 8.61. The Bertz CT molecular complexity index is 1060. The number of benzene rings is 1. The van der Waals surface area contributed by atoms with Crippen molar-refractivity contribution in [3.8, 4) is 0 Å². The molecule has 1 aliphatic carbocycles. The van der Waals surface area contributed by atoms with Crippen LogP contribution >= 0.6 is 0 Å². The molecule has 0 radical (unpaired) electrons. The summed E-state index contributed by atoms with van der Waals surface area (Å²) < 4.78 is 38.5. The number of aromatic nitrogens is 1. The number of hydrogen-bond donors (Lipinski definition) is 2. The second-order valence-corrected chi connectivity index (χ2v) is 7.11. The maximum absolute atomic E-state index is 12.8. The number of amides is 1. The molecule has 1 amide bonds. The van der Waals surface area contributed by atoms with Gasteiger partial charge in [-0.2, -0.15) is 13.2 Å². The van der Waals surface area contributed by atoms with Crippen LogP contribution in [0.1, 0.15) is 52.2 Å². The average Bonchev–Trinajstić information content (AvgIpc) is 2.69. The highest BCUT2D eigenvalue weighted by Crippen LogP contribution is 2.33. The van der Waals surface area contributed by atoms with Gasteiger partial charge in [0, 0.05) is 23.7 Å². The lowest BCUT2D eigenvalue weighted by Gasteiger charge is -2.31. The summed E-state index contributed by atoms with van der Waals surface area (Å²) in [6.45, 7) is 3.30. The van der Waals surface area contributed by atoms with Crippen LogP contribution in [0.3, 0.4) is 0 Å². The predicted octanol–water partition coefficient (Wildman–Crippen LogP) is 4.16. The summed E-state index contributed by atoms with van der Waals surface area (Å²) in [4.78, 5) is 27.2. The molecule has 0 saturated heterocycles. The van der Waals surface area contributed by atoms with Crippen LogP contribution in [0.15, 0.2) is 60.3 Å². The van der Waals surface area contributed by atoms with Crippen molar-refractivity contribution < 1.29 is 27.9 Å². The zero-order chi connectivity index (χ0) is 22.1. The van der Waals surface area contributed by atoms with Gasteiger partial charge in [-0.05, 0) is 48.8 Å². The molecule has 0 aliphatic heterocycles. The number of alkyl halides is 3. The lowest BCUT2D eigenvalue weighted by atomic mass is 9.87. The molecule has 2 N–H and O–H groups in total. The number of aliphatic hydroxyl groups is 1. The minimum absolute atomic E-state index is 0.0116. The van der Waals surface area contributed by atoms with Crippen molar-refractivity contribution in [3.05, 3.63) is 82.7 Å². The number of nitrogens with zero attached hydrogens (tertiary/aromatic N) is 1. The van der Waals surface area contributed by atoms with Gasteiger partial charge in [0.25, 0.3) is 5.91 Å². The van der Waals surface area contributed by atoms with E-state index in [0.717, 1.165) is 29.0 Å². The molecule has 3 rings (SSSR count). The van der Waals surface area contributed by atoms with E-state index in [-0.39, 0.29) is 17.8 Å². The number of carbonyl (C=O) groups is 2. The van der Waals surface area contributed by atoms with Gasteiger partial charge in [-0.15, -0.1) is 0 Å². The molecule has 1 aromatic heterocycles. The van der Waals surface area contributed by atoms with Gasteiger partial charge in [0.2, 0.25) is 0 Å². The summed E-state index contributed by atoms with van der Waals surface area (Å²) in [6.07, 6.45) is -0.759. The maximum Gasteiger partial charge on any atom is 0.433 e. The number of pyridine rings is 1. The number of nitrogens with one attached hydrogen (secondary N) is 1. The van der Waals surface area contributed by atoms with Gasteiger partial charge in [0.1, 0.15) is 5.69 Å². The zero-order valence-corrected chi connectivity index (χ0v) is 16.2. The van der Waals surface area contributed by atoms with Crippen molar-refractivity contribution in [3.63, 3.8) is 0 Å². The average molecular weight is 416 g/mol. The Balaban J connectivity index is 1.82. The van der Waals surface area contributed by atoms with Crippen LogP contribution in [0, 0.1) is 0 Å². The Morgan fingerprint density at radius 2 is 1.80 bits per heavy atom. The SMILES string of the molecule is CC(=O)c1ccc(C2=C(C)C=CC(O)(NC(=O)c3ccnc(C(F)(F)F)c3)C2)cc1. The Hall–Kier alpha value is -3.26. The van der Waals surface area contributed by atoms with E-state index in [9.17, 15) is 27.9 Å². The lowest BCUT2D eigenvalue weighted by Crippen LogP contribution is -2.48. The Morgan fingerprint density at radius 1 is 1.13 bits per heavy atom. The monoisotopic (exact) mass is 416 g/mol. The fourth-order valence-corrected chi connectivity index (χ4v) is 3.15. The van der Waals surface area contributed by atoms with E-state index in [1.54, 1.807) is 30.3 Å². The third-order valence-corrected chi connectivity index (χ3v) is 4.81. The molecular weight excluding hydrogens is 397 g/mol. The number of halogens is 3. The highest BCUT2D eigenvalue weighted by Gasteiger charge is 2.34. The molecule has 1 unspecified atom stereocenters. The number of ketones is 1. The summed E-state index contributed by atoms with van der Waals surface area (Å²) in [5.41, 5.74) is -0.342. The van der Waals surface area contributed by atoms with Gasteiger partial charge in [-0.1, -0.05) is 30.3 Å². The molecule has 1 atom stereocenters. The maximum atomic E-state index is 12.8. The summed E-state index contributed by atoms with van der Waals surface area (Å²) >= 11 is 0. The number of Topliss-reactive ketones (excluding diaryl/α,β-unsaturated/α-hetero) is 1. The molecule has 156 valence electrons. The lowest BCUT2D eigenvalue weighted by molar-refractivity contribution is -0.141. The van der Waals surface area contributed by atoms with E-state index in [0.29, 0.717) is 11.6 Å². The number of rotatable bonds is 4. The van der Waals surface area contributed by atoms with E-state index in [1.165, 1.54) is 13.0 Å². The van der Waals surface area contributed by atoms with E-state index in [2.05, 4.69) is 10.3 Å². The summed E-state index contributed by atoms with van der Waals surface area (Å²) in [7, 11) is 0. The first-order valence-electron chi connectivity index (χ1n) is 9.07. The molecular formula is C22H19F3N2O3. The molecule has 5 nitrogen and oxygen atoms in total. The Morgan fingerprint density at radius 3 is 2.40 bits per heavy atom. The smallest absolute Gasteiger partial charge is 0.367 e. The zero-order valence-electron chi connectivity index (χ0n) is 16.2. The summed E-state index contributed by atoms with van der Waals surface area (Å²) in [5, 5.41) is 13.3. The molecule has 0 bridgehead atoms. The van der Waals surface area contributed by atoms with Gasteiger partial charge >= 0.3 is 6.18 Å². The van der Waals surface area contributed by atoms with E-state index < -0.39 is 23.5 Å². The fourth-order valence-electron chi connectivity index (χ4n) is 3.15. The van der Waals surface area contributed by atoms with Crippen LogP contribution in [0.4, 0.5) is 13.2 Å². The molecule has 1 heterocycles. The van der Waals surface area contributed by atoms with Crippen LogP contribution in [0.25, 0.3) is 5.57 Å². The van der Waals surface area contributed by atoms with Crippen LogP contribution in [-0.2, 0) is 6.18 Å². The topological polar surface area (TPSA) is 79.3 Å². The van der Waals surface area contributed by atoms with Crippen molar-refractivity contribution in [1.82, 2.24) is 10.3 Å². The van der Waals surface area contributed by atoms with Crippen molar-refractivity contribution in [2.45, 2.75) is 32.2 Å².